The lowest BCUT2D eigenvalue weighted by atomic mass is 10.5. The highest BCUT2D eigenvalue weighted by molar-refractivity contribution is 7.99. The van der Waals surface area contributed by atoms with E-state index in [9.17, 15) is 4.79 Å². The van der Waals surface area contributed by atoms with Crippen molar-refractivity contribution in [3.63, 3.8) is 0 Å². The maximum atomic E-state index is 12.0. The van der Waals surface area contributed by atoms with E-state index >= 15 is 0 Å². The molecule has 0 atom stereocenters. The fourth-order valence-electron chi connectivity index (χ4n) is 1.74. The monoisotopic (exact) mass is 276 g/mol. The van der Waals surface area contributed by atoms with Crippen LogP contribution in [0.1, 0.15) is 0 Å². The molecule has 0 aliphatic rings. The Morgan fingerprint density at radius 3 is 3.00 bits per heavy atom. The van der Waals surface area contributed by atoms with Crippen molar-refractivity contribution in [2.24, 2.45) is 7.05 Å². The van der Waals surface area contributed by atoms with Crippen LogP contribution in [-0.2, 0) is 13.6 Å². The van der Waals surface area contributed by atoms with Gasteiger partial charge >= 0.3 is 5.69 Å². The third kappa shape index (κ3) is 2.26. The lowest BCUT2D eigenvalue weighted by Gasteiger charge is -1.99. The Bertz CT molecular complexity index is 758. The first-order valence-electron chi connectivity index (χ1n) is 5.77. The first-order chi connectivity index (χ1) is 9.25. The lowest BCUT2D eigenvalue weighted by molar-refractivity contribution is 0.638. The topological polar surface area (TPSA) is 70.0 Å². The average molecular weight is 276 g/mol. The molecule has 0 saturated heterocycles. The Kier molecular flexibility index (Phi) is 3.08. The van der Waals surface area contributed by atoms with E-state index in [1.807, 2.05) is 29.8 Å². The number of hydrogen-bond acceptors (Lipinski definition) is 5. The summed E-state index contributed by atoms with van der Waals surface area (Å²) in [5, 5.41) is 12.9. The predicted molar refractivity (Wildman–Crippen MR) is 71.2 cm³/mol. The van der Waals surface area contributed by atoms with Crippen LogP contribution in [0, 0.1) is 0 Å². The number of pyridine rings is 1. The molecule has 0 aliphatic carbocycles. The second-order valence-electron chi connectivity index (χ2n) is 4.01. The summed E-state index contributed by atoms with van der Waals surface area (Å²) in [6.07, 6.45) is 3.37. The fraction of sp³-hybridized carbons (Fsp3) is 0.273. The van der Waals surface area contributed by atoms with E-state index in [2.05, 4.69) is 15.3 Å². The molecule has 0 bridgehead atoms. The molecule has 0 spiro atoms. The lowest BCUT2D eigenvalue weighted by Crippen LogP contribution is -2.22. The van der Waals surface area contributed by atoms with Crippen LogP contribution in [0.2, 0.25) is 0 Å². The molecule has 7 nitrogen and oxygen atoms in total. The number of fused-ring (bicyclic) bond motifs is 1. The average Bonchev–Trinajstić information content (AvgIpc) is 2.96. The van der Waals surface area contributed by atoms with Crippen LogP contribution in [0.4, 0.5) is 0 Å². The highest BCUT2D eigenvalue weighted by Crippen LogP contribution is 2.12. The normalized spacial score (nSPS) is 11.2. The molecule has 3 heterocycles. The number of aryl methyl sites for hydroxylation is 2. The summed E-state index contributed by atoms with van der Waals surface area (Å²) in [4.78, 5) is 12.0. The van der Waals surface area contributed by atoms with Gasteiger partial charge in [-0.1, -0.05) is 17.8 Å². The minimum Gasteiger partial charge on any atom is -0.312 e. The van der Waals surface area contributed by atoms with Crippen LogP contribution in [0.3, 0.4) is 0 Å². The summed E-state index contributed by atoms with van der Waals surface area (Å²) in [7, 11) is 1.89. The smallest absolute Gasteiger partial charge is 0.312 e. The summed E-state index contributed by atoms with van der Waals surface area (Å²) in [5.74, 6) is 0.719. The van der Waals surface area contributed by atoms with E-state index in [4.69, 9.17) is 0 Å². The molecule has 8 heteroatoms. The number of rotatable bonds is 4. The van der Waals surface area contributed by atoms with Gasteiger partial charge in [0.1, 0.15) is 6.33 Å². The minimum absolute atomic E-state index is 0.117. The van der Waals surface area contributed by atoms with Gasteiger partial charge in [0.15, 0.2) is 10.8 Å². The van der Waals surface area contributed by atoms with Crippen LogP contribution < -0.4 is 5.69 Å². The van der Waals surface area contributed by atoms with Crippen molar-refractivity contribution in [1.82, 2.24) is 28.9 Å². The first kappa shape index (κ1) is 12.0. The Morgan fingerprint density at radius 2 is 2.26 bits per heavy atom. The highest BCUT2D eigenvalue weighted by Gasteiger charge is 2.06. The SMILES string of the molecule is Cn1cnnc1SCCn1nc2ccccn2c1=O. The van der Waals surface area contributed by atoms with Gasteiger partial charge in [-0.3, -0.25) is 4.40 Å². The molecular formula is C11H12N6OS. The van der Waals surface area contributed by atoms with Gasteiger partial charge in [0.25, 0.3) is 0 Å². The van der Waals surface area contributed by atoms with Crippen molar-refractivity contribution in [2.75, 3.05) is 5.75 Å². The molecule has 0 N–H and O–H groups in total. The Morgan fingerprint density at radius 1 is 1.37 bits per heavy atom. The largest absolute Gasteiger partial charge is 0.350 e. The molecule has 3 rings (SSSR count). The molecule has 0 saturated carbocycles. The fourth-order valence-corrected chi connectivity index (χ4v) is 2.54. The van der Waals surface area contributed by atoms with Gasteiger partial charge in [0.2, 0.25) is 0 Å². The van der Waals surface area contributed by atoms with Crippen LogP contribution >= 0.6 is 11.8 Å². The van der Waals surface area contributed by atoms with E-state index in [0.29, 0.717) is 12.2 Å². The summed E-state index contributed by atoms with van der Waals surface area (Å²) >= 11 is 1.55. The summed E-state index contributed by atoms with van der Waals surface area (Å²) in [6, 6.07) is 5.49. The molecule has 0 amide bonds. The Balaban J connectivity index is 1.74. The van der Waals surface area contributed by atoms with Gasteiger partial charge in [-0.2, -0.15) is 0 Å². The van der Waals surface area contributed by atoms with Crippen LogP contribution in [0.15, 0.2) is 40.7 Å². The van der Waals surface area contributed by atoms with Crippen LogP contribution in [-0.4, -0.2) is 34.7 Å². The molecule has 0 aromatic carbocycles. The van der Waals surface area contributed by atoms with Crippen molar-refractivity contribution in [3.8, 4) is 0 Å². The molecule has 3 aromatic heterocycles. The van der Waals surface area contributed by atoms with E-state index in [1.165, 1.54) is 9.08 Å². The second-order valence-corrected chi connectivity index (χ2v) is 5.07. The van der Waals surface area contributed by atoms with E-state index < -0.39 is 0 Å². The molecule has 0 radical (unpaired) electrons. The van der Waals surface area contributed by atoms with Crippen LogP contribution in [0.25, 0.3) is 5.65 Å². The minimum atomic E-state index is -0.117. The Labute approximate surface area is 112 Å². The molecular weight excluding hydrogens is 264 g/mol. The van der Waals surface area contributed by atoms with Crippen LogP contribution in [0.5, 0.6) is 0 Å². The maximum absolute atomic E-state index is 12.0. The Hall–Kier alpha value is -2.09. The van der Waals surface area contributed by atoms with Crippen molar-refractivity contribution in [2.45, 2.75) is 11.7 Å². The van der Waals surface area contributed by atoms with Gasteiger partial charge in [0, 0.05) is 19.0 Å². The van der Waals surface area contributed by atoms with E-state index in [0.717, 1.165) is 10.9 Å². The van der Waals surface area contributed by atoms with Crippen molar-refractivity contribution in [1.29, 1.82) is 0 Å². The maximum Gasteiger partial charge on any atom is 0.350 e. The summed E-state index contributed by atoms with van der Waals surface area (Å²) in [5.41, 5.74) is 0.547. The van der Waals surface area contributed by atoms with Gasteiger partial charge in [-0.15, -0.1) is 15.3 Å². The molecule has 3 aromatic rings. The van der Waals surface area contributed by atoms with Gasteiger partial charge in [-0.25, -0.2) is 9.48 Å². The van der Waals surface area contributed by atoms with Crippen molar-refractivity contribution in [3.05, 3.63) is 41.2 Å². The standard InChI is InChI=1S/C11H12N6OS/c1-15-8-12-13-10(15)19-7-6-17-11(18)16-5-3-2-4-9(16)14-17/h2-5,8H,6-7H2,1H3. The van der Waals surface area contributed by atoms with Gasteiger partial charge < -0.3 is 4.57 Å². The number of hydrogen-bond donors (Lipinski definition) is 0. The quantitative estimate of drug-likeness (QED) is 0.646. The van der Waals surface area contributed by atoms with Crippen molar-refractivity contribution < 1.29 is 0 Å². The van der Waals surface area contributed by atoms with Gasteiger partial charge in [0.05, 0.1) is 6.54 Å². The predicted octanol–water partition coefficient (Wildman–Crippen LogP) is 0.417. The van der Waals surface area contributed by atoms with Gasteiger partial charge in [-0.05, 0) is 12.1 Å². The van der Waals surface area contributed by atoms with E-state index in [1.54, 1.807) is 24.3 Å². The molecule has 0 fully saturated rings. The van der Waals surface area contributed by atoms with E-state index in [-0.39, 0.29) is 5.69 Å². The second kappa shape index (κ2) is 4.88. The zero-order valence-electron chi connectivity index (χ0n) is 10.3. The summed E-state index contributed by atoms with van der Waals surface area (Å²) < 4.78 is 4.85. The zero-order valence-corrected chi connectivity index (χ0v) is 11.1. The number of aromatic nitrogens is 6. The first-order valence-corrected chi connectivity index (χ1v) is 6.75. The molecule has 98 valence electrons. The van der Waals surface area contributed by atoms with Crippen molar-refractivity contribution >= 4 is 17.4 Å². The zero-order chi connectivity index (χ0) is 13.2. The summed E-state index contributed by atoms with van der Waals surface area (Å²) in [6.45, 7) is 0.540. The molecule has 0 unspecified atom stereocenters. The highest BCUT2D eigenvalue weighted by atomic mass is 32.2. The molecule has 19 heavy (non-hydrogen) atoms. The third-order valence-corrected chi connectivity index (χ3v) is 3.71. The molecule has 0 aliphatic heterocycles. The number of nitrogens with zero attached hydrogens (tertiary/aromatic N) is 6. The number of thioether (sulfide) groups is 1. The third-order valence-electron chi connectivity index (χ3n) is 2.69.